The number of aromatic nitrogens is 2. The Kier molecular flexibility index (Phi) is 2.76. The van der Waals surface area contributed by atoms with Crippen LogP contribution in [0.2, 0.25) is 0 Å². The first-order chi connectivity index (χ1) is 5.22. The second-order valence-corrected chi connectivity index (χ2v) is 3.00. The average Bonchev–Trinajstić information content (AvgIpc) is 1.85. The van der Waals surface area contributed by atoms with E-state index in [1.807, 2.05) is 13.0 Å². The Morgan fingerprint density at radius 3 is 2.91 bits per heavy atom. The van der Waals surface area contributed by atoms with Gasteiger partial charge in [0.15, 0.2) is 0 Å². The quantitative estimate of drug-likeness (QED) is 0.687. The molecular formula is C8H12N2S. The van der Waals surface area contributed by atoms with Gasteiger partial charge in [0, 0.05) is 5.69 Å². The zero-order valence-electron chi connectivity index (χ0n) is 6.85. The van der Waals surface area contributed by atoms with Crippen molar-refractivity contribution in [3.8, 4) is 0 Å². The van der Waals surface area contributed by atoms with Gasteiger partial charge in [-0.3, -0.25) is 0 Å². The molecule has 0 radical (unpaired) electrons. The molecule has 0 unspecified atom stereocenters. The van der Waals surface area contributed by atoms with Crippen molar-refractivity contribution in [2.45, 2.75) is 26.7 Å². The summed E-state index contributed by atoms with van der Waals surface area (Å²) in [4.78, 5) is 7.25. The van der Waals surface area contributed by atoms with E-state index in [2.05, 4.69) is 16.9 Å². The molecule has 0 aromatic carbocycles. The third-order valence-electron chi connectivity index (χ3n) is 1.44. The molecule has 1 rings (SSSR count). The molecule has 0 aliphatic carbocycles. The number of rotatable bonds is 2. The fourth-order valence-corrected chi connectivity index (χ4v) is 1.33. The second-order valence-electron chi connectivity index (χ2n) is 2.58. The van der Waals surface area contributed by atoms with E-state index >= 15 is 0 Å². The SMILES string of the molecule is CCCc1cc(=S)nc(C)[nH]1. The number of aryl methyl sites for hydroxylation is 2. The Morgan fingerprint density at radius 1 is 1.64 bits per heavy atom. The molecule has 11 heavy (non-hydrogen) atoms. The number of hydrogen-bond acceptors (Lipinski definition) is 2. The summed E-state index contributed by atoms with van der Waals surface area (Å²) in [5.74, 6) is 0.904. The molecule has 60 valence electrons. The van der Waals surface area contributed by atoms with Gasteiger partial charge in [-0.1, -0.05) is 25.6 Å². The Hall–Kier alpha value is -0.700. The molecule has 0 saturated heterocycles. The predicted molar refractivity (Wildman–Crippen MR) is 48.2 cm³/mol. The van der Waals surface area contributed by atoms with Crippen LogP contribution in [-0.4, -0.2) is 9.97 Å². The van der Waals surface area contributed by atoms with Gasteiger partial charge in [0.25, 0.3) is 0 Å². The number of H-pyrrole nitrogens is 1. The lowest BCUT2D eigenvalue weighted by atomic mass is 10.2. The fourth-order valence-electron chi connectivity index (χ4n) is 1.05. The number of aromatic amines is 1. The summed E-state index contributed by atoms with van der Waals surface area (Å²) in [6.07, 6.45) is 2.18. The van der Waals surface area contributed by atoms with E-state index in [0.29, 0.717) is 4.64 Å². The lowest BCUT2D eigenvalue weighted by molar-refractivity contribution is 0.854. The van der Waals surface area contributed by atoms with Crippen molar-refractivity contribution in [2.24, 2.45) is 0 Å². The van der Waals surface area contributed by atoms with E-state index in [1.54, 1.807) is 0 Å². The minimum Gasteiger partial charge on any atom is -0.347 e. The maximum Gasteiger partial charge on any atom is 0.129 e. The van der Waals surface area contributed by atoms with Crippen molar-refractivity contribution >= 4 is 12.2 Å². The minimum atomic E-state index is 0.685. The van der Waals surface area contributed by atoms with Crippen LogP contribution in [0.15, 0.2) is 6.07 Å². The molecule has 0 aliphatic rings. The molecule has 0 fully saturated rings. The molecule has 2 nitrogen and oxygen atoms in total. The van der Waals surface area contributed by atoms with Gasteiger partial charge in [-0.15, -0.1) is 0 Å². The van der Waals surface area contributed by atoms with Gasteiger partial charge in [-0.05, 0) is 19.4 Å². The van der Waals surface area contributed by atoms with Crippen LogP contribution < -0.4 is 0 Å². The van der Waals surface area contributed by atoms with Crippen molar-refractivity contribution in [1.29, 1.82) is 0 Å². The van der Waals surface area contributed by atoms with Crippen molar-refractivity contribution in [2.75, 3.05) is 0 Å². The topological polar surface area (TPSA) is 28.7 Å². The van der Waals surface area contributed by atoms with Gasteiger partial charge in [0.2, 0.25) is 0 Å². The van der Waals surface area contributed by atoms with Crippen LogP contribution in [0.25, 0.3) is 0 Å². The largest absolute Gasteiger partial charge is 0.347 e. The number of hydrogen-bond donors (Lipinski definition) is 1. The molecule has 0 saturated carbocycles. The molecule has 0 bridgehead atoms. The lowest BCUT2D eigenvalue weighted by Gasteiger charge is -1.99. The van der Waals surface area contributed by atoms with Gasteiger partial charge in [0.1, 0.15) is 10.5 Å². The lowest BCUT2D eigenvalue weighted by Crippen LogP contribution is -1.94. The van der Waals surface area contributed by atoms with Crippen LogP contribution in [0.5, 0.6) is 0 Å². The molecule has 0 aliphatic heterocycles. The Balaban J connectivity index is 2.99. The zero-order valence-corrected chi connectivity index (χ0v) is 7.66. The van der Waals surface area contributed by atoms with Crippen LogP contribution in [0.1, 0.15) is 24.9 Å². The summed E-state index contributed by atoms with van der Waals surface area (Å²) < 4.78 is 0.685. The summed E-state index contributed by atoms with van der Waals surface area (Å²) in [6, 6.07) is 1.92. The third-order valence-corrected chi connectivity index (χ3v) is 1.65. The van der Waals surface area contributed by atoms with E-state index in [4.69, 9.17) is 12.2 Å². The molecule has 1 aromatic rings. The number of nitrogens with one attached hydrogen (secondary N) is 1. The van der Waals surface area contributed by atoms with E-state index in [1.165, 1.54) is 5.69 Å². The van der Waals surface area contributed by atoms with Crippen LogP contribution in [0.4, 0.5) is 0 Å². The Bertz CT molecular complexity index is 290. The fraction of sp³-hybridized carbons (Fsp3) is 0.500. The molecule has 0 spiro atoms. The standard InChI is InChI=1S/C8H12N2S/c1-3-4-7-5-8(11)10-6(2)9-7/h5H,3-4H2,1-2H3,(H,9,10,11). The van der Waals surface area contributed by atoms with Crippen LogP contribution in [0.3, 0.4) is 0 Å². The zero-order chi connectivity index (χ0) is 8.27. The first-order valence-electron chi connectivity index (χ1n) is 3.79. The smallest absolute Gasteiger partial charge is 0.129 e. The second kappa shape index (κ2) is 3.62. The van der Waals surface area contributed by atoms with Crippen molar-refractivity contribution in [3.05, 3.63) is 22.2 Å². The highest BCUT2D eigenvalue weighted by Crippen LogP contribution is 1.99. The Morgan fingerprint density at radius 2 is 2.36 bits per heavy atom. The van der Waals surface area contributed by atoms with Crippen molar-refractivity contribution in [3.63, 3.8) is 0 Å². The van der Waals surface area contributed by atoms with Gasteiger partial charge in [-0.25, -0.2) is 4.98 Å². The highest BCUT2D eigenvalue weighted by molar-refractivity contribution is 7.71. The first kappa shape index (κ1) is 8.40. The van der Waals surface area contributed by atoms with Gasteiger partial charge in [0.05, 0.1) is 0 Å². The predicted octanol–water partition coefficient (Wildman–Crippen LogP) is 2.40. The maximum atomic E-state index is 4.97. The first-order valence-corrected chi connectivity index (χ1v) is 4.20. The summed E-state index contributed by atoms with van der Waals surface area (Å²) in [7, 11) is 0. The molecule has 0 atom stereocenters. The van der Waals surface area contributed by atoms with Gasteiger partial charge >= 0.3 is 0 Å². The molecule has 0 amide bonds. The van der Waals surface area contributed by atoms with Crippen LogP contribution in [-0.2, 0) is 6.42 Å². The molecular weight excluding hydrogens is 156 g/mol. The Labute approximate surface area is 71.7 Å². The van der Waals surface area contributed by atoms with E-state index in [9.17, 15) is 0 Å². The summed E-state index contributed by atoms with van der Waals surface area (Å²) in [6.45, 7) is 4.07. The van der Waals surface area contributed by atoms with Crippen molar-refractivity contribution in [1.82, 2.24) is 9.97 Å². The minimum absolute atomic E-state index is 0.685. The normalized spacial score (nSPS) is 10.0. The monoisotopic (exact) mass is 168 g/mol. The summed E-state index contributed by atoms with van der Waals surface area (Å²) in [5, 5.41) is 0. The number of nitrogens with zero attached hydrogens (tertiary/aromatic N) is 1. The van der Waals surface area contributed by atoms with Gasteiger partial charge in [-0.2, -0.15) is 0 Å². The molecule has 3 heteroatoms. The van der Waals surface area contributed by atoms with Gasteiger partial charge < -0.3 is 4.98 Å². The van der Waals surface area contributed by atoms with E-state index < -0.39 is 0 Å². The van der Waals surface area contributed by atoms with Crippen LogP contribution in [0, 0.1) is 11.6 Å². The molecule has 1 heterocycles. The van der Waals surface area contributed by atoms with E-state index in [-0.39, 0.29) is 0 Å². The molecule has 1 N–H and O–H groups in total. The highest BCUT2D eigenvalue weighted by Gasteiger charge is 1.92. The highest BCUT2D eigenvalue weighted by atomic mass is 32.1. The third kappa shape index (κ3) is 2.42. The van der Waals surface area contributed by atoms with E-state index in [0.717, 1.165) is 18.7 Å². The van der Waals surface area contributed by atoms with Crippen LogP contribution >= 0.6 is 12.2 Å². The summed E-state index contributed by atoms with van der Waals surface area (Å²) >= 11 is 4.97. The summed E-state index contributed by atoms with van der Waals surface area (Å²) in [5.41, 5.74) is 1.19. The molecule has 1 aromatic heterocycles. The van der Waals surface area contributed by atoms with Crippen molar-refractivity contribution < 1.29 is 0 Å². The average molecular weight is 168 g/mol. The maximum absolute atomic E-state index is 4.97.